The van der Waals surface area contributed by atoms with E-state index in [0.717, 1.165) is 31.9 Å². The largest absolute Gasteiger partial charge is 0.508 e. The number of halogens is 1. The summed E-state index contributed by atoms with van der Waals surface area (Å²) in [4.78, 5) is 4.53. The molecule has 1 N–H and O–H groups in total. The number of hydrogen-bond acceptors (Lipinski definition) is 3. The maximum absolute atomic E-state index is 9.53. The number of anilines is 1. The molecule has 1 aromatic rings. The summed E-state index contributed by atoms with van der Waals surface area (Å²) in [5.74, 6) is 0.225. The summed E-state index contributed by atoms with van der Waals surface area (Å²) in [6.45, 7) is 5.92. The van der Waals surface area contributed by atoms with Gasteiger partial charge in [-0.3, -0.25) is 0 Å². The van der Waals surface area contributed by atoms with Crippen LogP contribution in [0.1, 0.15) is 6.92 Å². The molecule has 0 amide bonds. The number of phenols is 1. The highest BCUT2D eigenvalue weighted by molar-refractivity contribution is 6.31. The average molecular weight is 253 g/mol. The summed E-state index contributed by atoms with van der Waals surface area (Å²) < 4.78 is 0. The van der Waals surface area contributed by atoms with Crippen molar-refractivity contribution in [3.05, 3.63) is 35.5 Å². The van der Waals surface area contributed by atoms with Crippen LogP contribution in [-0.4, -0.2) is 36.2 Å². The van der Waals surface area contributed by atoms with Gasteiger partial charge in [0, 0.05) is 43.0 Å². The molecule has 4 heteroatoms. The fourth-order valence-corrected chi connectivity index (χ4v) is 2.31. The second-order valence-corrected chi connectivity index (χ2v) is 4.61. The number of hydrogen-bond donors (Lipinski definition) is 1. The Balaban J connectivity index is 2.05. The van der Waals surface area contributed by atoms with E-state index in [1.165, 1.54) is 0 Å². The van der Waals surface area contributed by atoms with Gasteiger partial charge >= 0.3 is 0 Å². The van der Waals surface area contributed by atoms with Crippen molar-refractivity contribution in [2.75, 3.05) is 31.1 Å². The third-order valence-electron chi connectivity index (χ3n) is 2.91. The Bertz CT molecular complexity index is 392. The molecule has 17 heavy (non-hydrogen) atoms. The summed E-state index contributed by atoms with van der Waals surface area (Å²) >= 11 is 5.94. The van der Waals surface area contributed by atoms with Crippen LogP contribution in [0.5, 0.6) is 5.75 Å². The summed E-state index contributed by atoms with van der Waals surface area (Å²) in [5, 5.41) is 10.1. The Morgan fingerprint density at radius 2 is 1.88 bits per heavy atom. The average Bonchev–Trinajstić information content (AvgIpc) is 2.29. The molecular weight excluding hydrogens is 236 g/mol. The van der Waals surface area contributed by atoms with Gasteiger partial charge in [-0.15, -0.1) is 0 Å². The Morgan fingerprint density at radius 3 is 2.47 bits per heavy atom. The van der Waals surface area contributed by atoms with Crippen LogP contribution in [0, 0.1) is 0 Å². The zero-order valence-electron chi connectivity index (χ0n) is 9.93. The lowest BCUT2D eigenvalue weighted by Crippen LogP contribution is -2.44. The van der Waals surface area contributed by atoms with Gasteiger partial charge in [-0.2, -0.15) is 0 Å². The van der Waals surface area contributed by atoms with Crippen molar-refractivity contribution in [2.24, 2.45) is 0 Å². The van der Waals surface area contributed by atoms with Crippen LogP contribution in [0.25, 0.3) is 0 Å². The smallest absolute Gasteiger partial charge is 0.119 e. The minimum atomic E-state index is 0.225. The molecule has 0 unspecified atom stereocenters. The molecule has 0 spiro atoms. The van der Waals surface area contributed by atoms with Crippen LogP contribution in [0.15, 0.2) is 30.5 Å². The van der Waals surface area contributed by atoms with Gasteiger partial charge in [0.05, 0.1) is 0 Å². The minimum absolute atomic E-state index is 0.225. The van der Waals surface area contributed by atoms with Gasteiger partial charge in [-0.05, 0) is 25.3 Å². The lowest BCUT2D eigenvalue weighted by Gasteiger charge is -2.35. The summed E-state index contributed by atoms with van der Waals surface area (Å²) in [5.41, 5.74) is 0.995. The first kappa shape index (κ1) is 12.1. The third kappa shape index (κ3) is 3.07. The molecule has 0 radical (unpaired) electrons. The van der Waals surface area contributed by atoms with E-state index in [1.807, 2.05) is 13.0 Å². The minimum Gasteiger partial charge on any atom is -0.508 e. The van der Waals surface area contributed by atoms with E-state index in [4.69, 9.17) is 11.6 Å². The van der Waals surface area contributed by atoms with Crippen molar-refractivity contribution in [2.45, 2.75) is 6.92 Å². The maximum Gasteiger partial charge on any atom is 0.119 e. The lowest BCUT2D eigenvalue weighted by atomic mass is 10.2. The number of benzene rings is 1. The molecule has 0 atom stereocenters. The van der Waals surface area contributed by atoms with Gasteiger partial charge in [0.2, 0.25) is 0 Å². The van der Waals surface area contributed by atoms with Gasteiger partial charge < -0.3 is 14.9 Å². The van der Waals surface area contributed by atoms with Gasteiger partial charge in [0.15, 0.2) is 0 Å². The summed E-state index contributed by atoms with van der Waals surface area (Å²) in [7, 11) is 0. The molecule has 1 saturated heterocycles. The fourth-order valence-electron chi connectivity index (χ4n) is 2.08. The molecule has 2 rings (SSSR count). The molecule has 3 nitrogen and oxygen atoms in total. The molecule has 1 heterocycles. The van der Waals surface area contributed by atoms with Crippen molar-refractivity contribution < 1.29 is 5.11 Å². The summed E-state index contributed by atoms with van der Waals surface area (Å²) in [6, 6.07) is 5.21. The zero-order valence-corrected chi connectivity index (χ0v) is 10.7. The molecule has 0 aliphatic carbocycles. The van der Waals surface area contributed by atoms with E-state index in [-0.39, 0.29) is 5.75 Å². The van der Waals surface area contributed by atoms with E-state index in [1.54, 1.807) is 12.1 Å². The first-order valence-corrected chi connectivity index (χ1v) is 6.18. The molecule has 92 valence electrons. The second-order valence-electron chi connectivity index (χ2n) is 4.17. The van der Waals surface area contributed by atoms with Crippen LogP contribution >= 0.6 is 11.6 Å². The highest BCUT2D eigenvalue weighted by Gasteiger charge is 2.15. The fraction of sp³-hybridized carbons (Fsp3) is 0.385. The van der Waals surface area contributed by atoms with Crippen molar-refractivity contribution in [3.8, 4) is 5.75 Å². The second kappa shape index (κ2) is 5.32. The first-order chi connectivity index (χ1) is 8.19. The van der Waals surface area contributed by atoms with E-state index < -0.39 is 0 Å². The van der Waals surface area contributed by atoms with E-state index >= 15 is 0 Å². The number of rotatable bonds is 2. The zero-order chi connectivity index (χ0) is 12.3. The predicted octanol–water partition coefficient (Wildman–Crippen LogP) is 2.70. The Hall–Kier alpha value is -1.35. The standard InChI is InChI=1S/C13H17ClN2O/c1-2-3-15-4-6-16(7-5-15)12-8-11(14)9-13(17)10-12/h2-3,8-10,17H,4-7H2,1H3/b3-2+. The monoisotopic (exact) mass is 252 g/mol. The van der Waals surface area contributed by atoms with Crippen LogP contribution in [0.4, 0.5) is 5.69 Å². The van der Waals surface area contributed by atoms with E-state index in [2.05, 4.69) is 22.1 Å². The molecular formula is C13H17ClN2O. The molecule has 0 saturated carbocycles. The van der Waals surface area contributed by atoms with Gasteiger partial charge in [-0.25, -0.2) is 0 Å². The SMILES string of the molecule is C/C=C/N1CCN(c2cc(O)cc(Cl)c2)CC1. The summed E-state index contributed by atoms with van der Waals surface area (Å²) in [6.07, 6.45) is 4.17. The van der Waals surface area contributed by atoms with Crippen LogP contribution in [0.2, 0.25) is 5.02 Å². The number of nitrogens with zero attached hydrogens (tertiary/aromatic N) is 2. The van der Waals surface area contributed by atoms with Crippen LogP contribution in [0.3, 0.4) is 0 Å². The van der Waals surface area contributed by atoms with Crippen molar-refractivity contribution in [1.29, 1.82) is 0 Å². The Labute approximate surface area is 107 Å². The van der Waals surface area contributed by atoms with Crippen molar-refractivity contribution in [3.63, 3.8) is 0 Å². The third-order valence-corrected chi connectivity index (χ3v) is 3.12. The first-order valence-electron chi connectivity index (χ1n) is 5.80. The number of allylic oxidation sites excluding steroid dienone is 1. The van der Waals surface area contributed by atoms with Crippen LogP contribution < -0.4 is 4.90 Å². The Kier molecular flexibility index (Phi) is 3.79. The molecule has 0 aromatic heterocycles. The number of piperazine rings is 1. The molecule has 0 bridgehead atoms. The number of phenolic OH excluding ortho intramolecular Hbond substituents is 1. The number of aromatic hydroxyl groups is 1. The van der Waals surface area contributed by atoms with E-state index in [0.29, 0.717) is 5.02 Å². The lowest BCUT2D eigenvalue weighted by molar-refractivity contribution is 0.348. The topological polar surface area (TPSA) is 26.7 Å². The highest BCUT2D eigenvalue weighted by Crippen LogP contribution is 2.26. The normalized spacial score (nSPS) is 16.8. The molecule has 1 fully saturated rings. The van der Waals surface area contributed by atoms with Crippen molar-refractivity contribution >= 4 is 17.3 Å². The van der Waals surface area contributed by atoms with Gasteiger partial charge in [-0.1, -0.05) is 17.7 Å². The predicted molar refractivity (Wildman–Crippen MR) is 71.7 cm³/mol. The highest BCUT2D eigenvalue weighted by atomic mass is 35.5. The van der Waals surface area contributed by atoms with Crippen LogP contribution in [-0.2, 0) is 0 Å². The maximum atomic E-state index is 9.53. The molecule has 1 aliphatic heterocycles. The van der Waals surface area contributed by atoms with Gasteiger partial charge in [0.25, 0.3) is 0 Å². The quantitative estimate of drug-likeness (QED) is 0.877. The molecule has 1 aromatic carbocycles. The molecule has 1 aliphatic rings. The Morgan fingerprint density at radius 1 is 1.18 bits per heavy atom. The van der Waals surface area contributed by atoms with E-state index in [9.17, 15) is 5.11 Å². The van der Waals surface area contributed by atoms with Gasteiger partial charge in [0.1, 0.15) is 5.75 Å². The van der Waals surface area contributed by atoms with Crippen molar-refractivity contribution in [1.82, 2.24) is 4.90 Å².